The number of amides is 1. The van der Waals surface area contributed by atoms with Gasteiger partial charge in [0, 0.05) is 0 Å². The van der Waals surface area contributed by atoms with Gasteiger partial charge in [0.15, 0.2) is 0 Å². The number of para-hydroxylation sites is 1. The van der Waals surface area contributed by atoms with Crippen LogP contribution < -0.4 is 10.9 Å². The van der Waals surface area contributed by atoms with Crippen LogP contribution in [0, 0.1) is 0 Å². The quantitative estimate of drug-likeness (QED) is 0.284. The smallest absolute Gasteiger partial charge is 0.282 e. The van der Waals surface area contributed by atoms with Crippen LogP contribution in [0.15, 0.2) is 40.6 Å². The summed E-state index contributed by atoms with van der Waals surface area (Å²) in [6, 6.07) is 8.76. The lowest BCUT2D eigenvalue weighted by molar-refractivity contribution is -0.114. The van der Waals surface area contributed by atoms with Crippen LogP contribution >= 0.6 is 15.9 Å². The van der Waals surface area contributed by atoms with Gasteiger partial charge in [-0.2, -0.15) is 0 Å². The Morgan fingerprint density at radius 1 is 1.40 bits per heavy atom. The van der Waals surface area contributed by atoms with Crippen molar-refractivity contribution < 1.29 is 9.90 Å². The maximum Gasteiger partial charge on any atom is 0.282 e. The SMILES string of the molecule is CC(O)=C(Br)C(=O)N(N)c1ccccc1. The van der Waals surface area contributed by atoms with Crippen LogP contribution in [0.25, 0.3) is 0 Å². The van der Waals surface area contributed by atoms with Crippen LogP contribution in [0.1, 0.15) is 6.92 Å². The maximum absolute atomic E-state index is 11.6. The molecule has 1 amide bonds. The van der Waals surface area contributed by atoms with Crippen LogP contribution in [0.2, 0.25) is 0 Å². The van der Waals surface area contributed by atoms with E-state index < -0.39 is 5.91 Å². The summed E-state index contributed by atoms with van der Waals surface area (Å²) in [6.07, 6.45) is 0. The number of aliphatic hydroxyl groups excluding tert-OH is 1. The van der Waals surface area contributed by atoms with Gasteiger partial charge in [-0.25, -0.2) is 10.9 Å². The van der Waals surface area contributed by atoms with Crippen molar-refractivity contribution in [1.82, 2.24) is 0 Å². The number of benzene rings is 1. The van der Waals surface area contributed by atoms with Crippen molar-refractivity contribution in [3.63, 3.8) is 0 Å². The fourth-order valence-corrected chi connectivity index (χ4v) is 1.16. The Balaban J connectivity index is 2.92. The van der Waals surface area contributed by atoms with Gasteiger partial charge in [-0.05, 0) is 35.0 Å². The van der Waals surface area contributed by atoms with Crippen molar-refractivity contribution in [2.75, 3.05) is 5.01 Å². The van der Waals surface area contributed by atoms with Gasteiger partial charge in [0.1, 0.15) is 10.2 Å². The summed E-state index contributed by atoms with van der Waals surface area (Å²) in [6.45, 7) is 1.40. The van der Waals surface area contributed by atoms with Crippen LogP contribution in [-0.4, -0.2) is 11.0 Å². The summed E-state index contributed by atoms with van der Waals surface area (Å²) >= 11 is 2.96. The molecular weight excluding hydrogens is 260 g/mol. The van der Waals surface area contributed by atoms with E-state index in [1.807, 2.05) is 6.07 Å². The number of carbonyl (C=O) groups excluding carboxylic acids is 1. The second-order valence-electron chi connectivity index (χ2n) is 2.91. The van der Waals surface area contributed by atoms with Gasteiger partial charge < -0.3 is 5.11 Å². The minimum atomic E-state index is -0.499. The summed E-state index contributed by atoms with van der Waals surface area (Å²) in [5.41, 5.74) is 0.556. The van der Waals surface area contributed by atoms with Crippen LogP contribution in [0.4, 0.5) is 5.69 Å². The van der Waals surface area contributed by atoms with E-state index in [4.69, 9.17) is 10.9 Å². The summed E-state index contributed by atoms with van der Waals surface area (Å²) < 4.78 is 0.0499. The van der Waals surface area contributed by atoms with Gasteiger partial charge in [0.2, 0.25) is 0 Å². The average Bonchev–Trinajstić information content (AvgIpc) is 2.27. The lowest BCUT2D eigenvalue weighted by atomic mass is 10.3. The maximum atomic E-state index is 11.6. The first-order chi connectivity index (χ1) is 7.04. The minimum absolute atomic E-state index is 0.0499. The molecule has 0 fully saturated rings. The van der Waals surface area contributed by atoms with E-state index >= 15 is 0 Å². The molecule has 0 aliphatic rings. The first kappa shape index (κ1) is 11.7. The third kappa shape index (κ3) is 2.81. The highest BCUT2D eigenvalue weighted by Gasteiger charge is 2.16. The van der Waals surface area contributed by atoms with Crippen molar-refractivity contribution in [3.05, 3.63) is 40.6 Å². The molecule has 0 saturated carbocycles. The van der Waals surface area contributed by atoms with Crippen molar-refractivity contribution in [1.29, 1.82) is 0 Å². The Morgan fingerprint density at radius 3 is 2.40 bits per heavy atom. The minimum Gasteiger partial charge on any atom is -0.511 e. The first-order valence-corrected chi connectivity index (χ1v) is 5.03. The third-order valence-electron chi connectivity index (χ3n) is 1.76. The number of aliphatic hydroxyl groups is 1. The van der Waals surface area contributed by atoms with E-state index in [9.17, 15) is 4.79 Å². The molecule has 0 aromatic heterocycles. The van der Waals surface area contributed by atoms with Gasteiger partial charge in [-0.1, -0.05) is 18.2 Å². The molecule has 80 valence electrons. The summed E-state index contributed by atoms with van der Waals surface area (Å²) in [7, 11) is 0. The van der Waals surface area contributed by atoms with Gasteiger partial charge in [-0.3, -0.25) is 4.79 Å². The number of hydrazine groups is 1. The molecule has 4 nitrogen and oxygen atoms in total. The number of anilines is 1. The zero-order valence-electron chi connectivity index (χ0n) is 8.14. The Bertz CT molecular complexity index is 386. The standard InChI is InChI=1S/C10H11BrN2O2/c1-7(14)9(11)10(15)13(12)8-5-3-2-4-6-8/h2-6,14H,12H2,1H3. The summed E-state index contributed by atoms with van der Waals surface area (Å²) in [5, 5.41) is 10.1. The lowest BCUT2D eigenvalue weighted by Crippen LogP contribution is -2.37. The number of hydrogen-bond acceptors (Lipinski definition) is 3. The fourth-order valence-electron chi connectivity index (χ4n) is 0.966. The largest absolute Gasteiger partial charge is 0.511 e. The Hall–Kier alpha value is -1.33. The van der Waals surface area contributed by atoms with Gasteiger partial charge in [-0.15, -0.1) is 0 Å². The molecule has 3 N–H and O–H groups in total. The molecular formula is C10H11BrN2O2. The molecule has 1 aromatic carbocycles. The highest BCUT2D eigenvalue weighted by Crippen LogP contribution is 2.17. The Labute approximate surface area is 96.1 Å². The summed E-state index contributed by atoms with van der Waals surface area (Å²) in [5.74, 6) is 4.98. The molecule has 0 heterocycles. The van der Waals surface area contributed by atoms with Crippen molar-refractivity contribution in [2.45, 2.75) is 6.92 Å². The van der Waals surface area contributed by atoms with E-state index in [2.05, 4.69) is 15.9 Å². The zero-order chi connectivity index (χ0) is 11.4. The van der Waals surface area contributed by atoms with E-state index in [1.165, 1.54) is 6.92 Å². The number of carbonyl (C=O) groups is 1. The van der Waals surface area contributed by atoms with Crippen LogP contribution in [-0.2, 0) is 4.79 Å². The number of halogens is 1. The molecule has 0 aliphatic heterocycles. The highest BCUT2D eigenvalue weighted by atomic mass is 79.9. The first-order valence-electron chi connectivity index (χ1n) is 4.23. The number of allylic oxidation sites excluding steroid dienone is 1. The molecule has 0 unspecified atom stereocenters. The Kier molecular flexibility index (Phi) is 3.88. The molecule has 0 aliphatic carbocycles. The zero-order valence-corrected chi connectivity index (χ0v) is 9.73. The van der Waals surface area contributed by atoms with Crippen molar-refractivity contribution in [2.24, 2.45) is 5.84 Å². The second kappa shape index (κ2) is 4.95. The molecule has 5 heteroatoms. The van der Waals surface area contributed by atoms with E-state index in [0.29, 0.717) is 5.69 Å². The monoisotopic (exact) mass is 270 g/mol. The van der Waals surface area contributed by atoms with Crippen LogP contribution in [0.3, 0.4) is 0 Å². The van der Waals surface area contributed by atoms with Crippen LogP contribution in [0.5, 0.6) is 0 Å². The molecule has 15 heavy (non-hydrogen) atoms. The highest BCUT2D eigenvalue weighted by molar-refractivity contribution is 9.12. The van der Waals surface area contributed by atoms with Gasteiger partial charge >= 0.3 is 0 Å². The van der Waals surface area contributed by atoms with E-state index in [0.717, 1.165) is 5.01 Å². The Morgan fingerprint density at radius 2 is 1.93 bits per heavy atom. The molecule has 0 saturated heterocycles. The van der Waals surface area contributed by atoms with Gasteiger partial charge in [0.05, 0.1) is 5.69 Å². The number of hydrogen-bond donors (Lipinski definition) is 2. The molecule has 0 bridgehead atoms. The normalized spacial score (nSPS) is 11.9. The molecule has 0 spiro atoms. The molecule has 0 radical (unpaired) electrons. The lowest BCUT2D eigenvalue weighted by Gasteiger charge is -2.16. The topological polar surface area (TPSA) is 66.6 Å². The molecule has 1 rings (SSSR count). The molecule has 0 atom stereocenters. The number of rotatable bonds is 2. The van der Waals surface area contributed by atoms with Crippen molar-refractivity contribution >= 4 is 27.5 Å². The average molecular weight is 271 g/mol. The third-order valence-corrected chi connectivity index (χ3v) is 2.67. The predicted molar refractivity (Wildman–Crippen MR) is 62.4 cm³/mol. The summed E-state index contributed by atoms with van der Waals surface area (Å²) in [4.78, 5) is 11.6. The van der Waals surface area contributed by atoms with E-state index in [-0.39, 0.29) is 10.2 Å². The van der Waals surface area contributed by atoms with Crippen molar-refractivity contribution in [3.8, 4) is 0 Å². The number of nitrogens with two attached hydrogens (primary N) is 1. The second-order valence-corrected chi connectivity index (χ2v) is 3.70. The number of nitrogens with zero attached hydrogens (tertiary/aromatic N) is 1. The van der Waals surface area contributed by atoms with Gasteiger partial charge in [0.25, 0.3) is 5.91 Å². The van der Waals surface area contributed by atoms with E-state index in [1.54, 1.807) is 24.3 Å². The predicted octanol–water partition coefficient (Wildman–Crippen LogP) is 2.08. The fraction of sp³-hybridized carbons (Fsp3) is 0.100. The molecule has 1 aromatic rings.